The number of carboxylic acids is 1. The summed E-state index contributed by atoms with van der Waals surface area (Å²) in [6.07, 6.45) is 3.76. The van der Waals surface area contributed by atoms with Crippen LogP contribution in [0.5, 0.6) is 5.75 Å². The van der Waals surface area contributed by atoms with E-state index >= 15 is 0 Å². The number of carbonyl (C=O) groups is 1. The first kappa shape index (κ1) is 23.6. The van der Waals surface area contributed by atoms with Gasteiger partial charge in [0.15, 0.2) is 0 Å². The molecule has 0 atom stereocenters. The summed E-state index contributed by atoms with van der Waals surface area (Å²) in [5.41, 5.74) is 2.48. The second-order valence-corrected chi connectivity index (χ2v) is 8.67. The van der Waals surface area contributed by atoms with Gasteiger partial charge in [-0.05, 0) is 49.7 Å². The van der Waals surface area contributed by atoms with Crippen molar-refractivity contribution in [3.63, 3.8) is 0 Å². The second-order valence-electron chi connectivity index (χ2n) is 8.67. The normalized spacial score (nSPS) is 17.9. The van der Waals surface area contributed by atoms with E-state index in [9.17, 15) is 9.59 Å². The van der Waals surface area contributed by atoms with Crippen molar-refractivity contribution in [2.45, 2.75) is 32.2 Å². The van der Waals surface area contributed by atoms with Crippen LogP contribution in [0, 0.1) is 11.8 Å². The Kier molecular flexibility index (Phi) is 7.69. The van der Waals surface area contributed by atoms with Crippen LogP contribution in [-0.2, 0) is 16.1 Å². The highest BCUT2D eigenvalue weighted by molar-refractivity contribution is 5.77. The zero-order valence-corrected chi connectivity index (χ0v) is 19.2. The third-order valence-electron chi connectivity index (χ3n) is 6.24. The van der Waals surface area contributed by atoms with E-state index in [1.807, 2.05) is 54.6 Å². The summed E-state index contributed by atoms with van der Waals surface area (Å²) in [6, 6.07) is 17.2. The van der Waals surface area contributed by atoms with Crippen LogP contribution in [0.15, 0.2) is 59.4 Å². The Labute approximate surface area is 198 Å². The Morgan fingerprint density at radius 3 is 2.41 bits per heavy atom. The number of benzene rings is 2. The molecule has 1 aliphatic rings. The number of hydrogen-bond donors (Lipinski definition) is 1. The fraction of sp³-hybridized carbons (Fsp3) is 0.385. The van der Waals surface area contributed by atoms with Crippen molar-refractivity contribution >= 4 is 5.97 Å². The van der Waals surface area contributed by atoms with Gasteiger partial charge in [-0.1, -0.05) is 42.5 Å². The van der Waals surface area contributed by atoms with E-state index in [2.05, 4.69) is 4.98 Å². The summed E-state index contributed by atoms with van der Waals surface area (Å²) in [5, 5.41) is 13.5. The monoisotopic (exact) mass is 463 g/mol. The molecule has 1 fully saturated rings. The van der Waals surface area contributed by atoms with Crippen molar-refractivity contribution < 1.29 is 19.4 Å². The molecule has 178 valence electrons. The lowest BCUT2D eigenvalue weighted by Gasteiger charge is -2.28. The van der Waals surface area contributed by atoms with E-state index in [1.165, 1.54) is 4.68 Å². The van der Waals surface area contributed by atoms with Crippen LogP contribution >= 0.6 is 0 Å². The van der Waals surface area contributed by atoms with Gasteiger partial charge in [0.25, 0.3) is 0 Å². The summed E-state index contributed by atoms with van der Waals surface area (Å²) in [4.78, 5) is 28.1. The third-order valence-corrected chi connectivity index (χ3v) is 6.24. The first-order valence-electron chi connectivity index (χ1n) is 11.5. The molecule has 1 aliphatic carbocycles. The molecule has 8 heteroatoms. The fourth-order valence-corrected chi connectivity index (χ4v) is 4.44. The van der Waals surface area contributed by atoms with E-state index in [0.717, 1.165) is 36.8 Å². The van der Waals surface area contributed by atoms with Gasteiger partial charge in [-0.3, -0.25) is 0 Å². The number of nitrogens with zero attached hydrogens (tertiary/aromatic N) is 3. The van der Waals surface area contributed by atoms with Gasteiger partial charge in [0.05, 0.1) is 13.7 Å². The first-order valence-corrected chi connectivity index (χ1v) is 11.5. The number of rotatable bonds is 9. The van der Waals surface area contributed by atoms with Crippen LogP contribution < -0.4 is 10.4 Å². The summed E-state index contributed by atoms with van der Waals surface area (Å²) in [7, 11) is 1.61. The molecule has 0 unspecified atom stereocenters. The van der Waals surface area contributed by atoms with Crippen LogP contribution in [-0.4, -0.2) is 46.2 Å². The molecule has 34 heavy (non-hydrogen) atoms. The van der Waals surface area contributed by atoms with Crippen LogP contribution in [0.4, 0.5) is 0 Å². The minimum absolute atomic E-state index is 0.257. The quantitative estimate of drug-likeness (QED) is 0.513. The molecule has 1 aromatic heterocycles. The molecule has 8 nitrogen and oxygen atoms in total. The molecule has 0 spiro atoms. The van der Waals surface area contributed by atoms with E-state index in [1.54, 1.807) is 7.11 Å². The molecule has 0 saturated heterocycles. The topological polar surface area (TPSA) is 104 Å². The summed E-state index contributed by atoms with van der Waals surface area (Å²) >= 11 is 0. The molecule has 1 saturated carbocycles. The molecule has 1 heterocycles. The first-order chi connectivity index (χ1) is 16.5. The molecular formula is C26H29N3O5. The second kappa shape index (κ2) is 11.1. The van der Waals surface area contributed by atoms with E-state index in [4.69, 9.17) is 19.7 Å². The molecule has 3 aromatic rings. The van der Waals surface area contributed by atoms with E-state index < -0.39 is 5.97 Å². The summed E-state index contributed by atoms with van der Waals surface area (Å²) in [5.74, 6) is 0.410. The number of aliphatic carboxylic acids is 1. The number of methoxy groups -OCH3 is 1. The number of aromatic nitrogens is 3. The van der Waals surface area contributed by atoms with Crippen molar-refractivity contribution in [3.8, 4) is 28.3 Å². The Balaban J connectivity index is 1.55. The minimum Gasteiger partial charge on any atom is -0.497 e. The highest BCUT2D eigenvalue weighted by atomic mass is 16.5. The smallest absolute Gasteiger partial charge is 0.364 e. The Bertz CT molecular complexity index is 1170. The van der Waals surface area contributed by atoms with Crippen molar-refractivity contribution in [2.24, 2.45) is 11.8 Å². The molecule has 0 amide bonds. The minimum atomic E-state index is -0.946. The van der Waals surface area contributed by atoms with Crippen molar-refractivity contribution in [1.29, 1.82) is 0 Å². The largest absolute Gasteiger partial charge is 0.497 e. The van der Waals surface area contributed by atoms with E-state index in [0.29, 0.717) is 42.1 Å². The zero-order valence-electron chi connectivity index (χ0n) is 19.2. The number of carboxylic acid groups (broad SMARTS) is 1. The van der Waals surface area contributed by atoms with Gasteiger partial charge < -0.3 is 14.6 Å². The summed E-state index contributed by atoms with van der Waals surface area (Å²) in [6.45, 7) is 0.714. The molecule has 2 aromatic carbocycles. The van der Waals surface area contributed by atoms with Gasteiger partial charge in [-0.15, -0.1) is 0 Å². The third kappa shape index (κ3) is 5.88. The maximum absolute atomic E-state index is 13.0. The molecule has 4 rings (SSSR count). The number of hydrogen-bond acceptors (Lipinski definition) is 6. The fourth-order valence-electron chi connectivity index (χ4n) is 4.44. The lowest BCUT2D eigenvalue weighted by Crippen LogP contribution is -2.31. The Morgan fingerprint density at radius 2 is 1.71 bits per heavy atom. The van der Waals surface area contributed by atoms with Crippen molar-refractivity contribution in [2.75, 3.05) is 20.3 Å². The lowest BCUT2D eigenvalue weighted by atomic mass is 9.82. The van der Waals surface area contributed by atoms with Gasteiger partial charge in [0, 0.05) is 17.7 Å². The molecular weight excluding hydrogens is 434 g/mol. The lowest BCUT2D eigenvalue weighted by molar-refractivity contribution is -0.142. The standard InChI is InChI=1S/C26H29N3O5/c1-33-22-9-5-8-21(14-22)24-25(20-6-3-2-4-7-20)28-29(26(32)27-24)15-18-10-12-19(13-11-18)16-34-17-23(30)31/h2-9,14,18-19H,10-13,15-17H2,1H3,(H,30,31)/t18-,19-. The molecule has 0 radical (unpaired) electrons. The van der Waals surface area contributed by atoms with Gasteiger partial charge in [0.1, 0.15) is 23.7 Å². The SMILES string of the molecule is COc1cccc(-c2nc(=O)n(C[C@H]3CC[C@H](COCC(=O)O)CC3)nc2-c2ccccc2)c1. The predicted octanol–water partition coefficient (Wildman–Crippen LogP) is 3.89. The van der Waals surface area contributed by atoms with Crippen LogP contribution in [0.3, 0.4) is 0 Å². The molecule has 0 bridgehead atoms. The van der Waals surface area contributed by atoms with Crippen molar-refractivity contribution in [3.05, 3.63) is 65.1 Å². The Morgan fingerprint density at radius 1 is 1.00 bits per heavy atom. The van der Waals surface area contributed by atoms with Gasteiger partial charge in [0.2, 0.25) is 0 Å². The average Bonchev–Trinajstić information content (AvgIpc) is 2.86. The summed E-state index contributed by atoms with van der Waals surface area (Å²) < 4.78 is 12.1. The maximum Gasteiger partial charge on any atom is 0.364 e. The van der Waals surface area contributed by atoms with Crippen LogP contribution in [0.25, 0.3) is 22.5 Å². The predicted molar refractivity (Wildman–Crippen MR) is 128 cm³/mol. The molecule has 1 N–H and O–H groups in total. The zero-order chi connectivity index (χ0) is 23.9. The van der Waals surface area contributed by atoms with Crippen LogP contribution in [0.1, 0.15) is 25.7 Å². The molecule has 0 aliphatic heterocycles. The maximum atomic E-state index is 13.0. The van der Waals surface area contributed by atoms with E-state index in [-0.39, 0.29) is 12.3 Å². The highest BCUT2D eigenvalue weighted by Crippen LogP contribution is 2.32. The Hall–Kier alpha value is -3.52. The van der Waals surface area contributed by atoms with Gasteiger partial charge in [-0.25, -0.2) is 14.3 Å². The van der Waals surface area contributed by atoms with Crippen LogP contribution in [0.2, 0.25) is 0 Å². The average molecular weight is 464 g/mol. The highest BCUT2D eigenvalue weighted by Gasteiger charge is 2.24. The van der Waals surface area contributed by atoms with Crippen molar-refractivity contribution in [1.82, 2.24) is 14.8 Å². The van der Waals surface area contributed by atoms with Gasteiger partial charge in [-0.2, -0.15) is 10.1 Å². The number of ether oxygens (including phenoxy) is 2. The van der Waals surface area contributed by atoms with Gasteiger partial charge >= 0.3 is 11.7 Å².